The van der Waals surface area contributed by atoms with Gasteiger partial charge in [0.1, 0.15) is 0 Å². The Labute approximate surface area is 118 Å². The topological polar surface area (TPSA) is 83.8 Å². The van der Waals surface area contributed by atoms with E-state index in [2.05, 4.69) is 29.4 Å². The van der Waals surface area contributed by atoms with Crippen molar-refractivity contribution in [2.75, 3.05) is 6.54 Å². The highest BCUT2D eigenvalue weighted by Gasteiger charge is 2.28. The quantitative estimate of drug-likeness (QED) is 0.774. The predicted octanol–water partition coefficient (Wildman–Crippen LogP) is 1.60. The monoisotopic (exact) mass is 274 g/mol. The molecule has 0 bridgehead atoms. The van der Waals surface area contributed by atoms with Gasteiger partial charge in [-0.05, 0) is 18.9 Å². The zero-order chi connectivity index (χ0) is 14.8. The molecule has 1 aromatic heterocycles. The number of para-hydroxylation sites is 1. The number of nitrogens with one attached hydrogen (secondary N) is 2. The van der Waals surface area contributed by atoms with Gasteiger partial charge in [-0.25, -0.2) is 0 Å². The van der Waals surface area contributed by atoms with E-state index in [4.69, 9.17) is 5.73 Å². The van der Waals surface area contributed by atoms with Crippen molar-refractivity contribution >= 4 is 16.8 Å². The van der Waals surface area contributed by atoms with Crippen molar-refractivity contribution in [2.24, 2.45) is 11.7 Å². The van der Waals surface area contributed by atoms with Crippen molar-refractivity contribution in [1.29, 1.82) is 0 Å². The summed E-state index contributed by atoms with van der Waals surface area (Å²) in [5.74, 6) is 0.232. The summed E-state index contributed by atoms with van der Waals surface area (Å²) >= 11 is 0. The standard InChI is InChI=1S/C15H22N4O/c1-10(2)15(3,9-16)17-14(20)8-13-11-6-4-5-7-12(11)18-19-13/h4-7,10H,8-9,16H2,1-3H3,(H,17,20)(H,18,19). The van der Waals surface area contributed by atoms with Crippen molar-refractivity contribution in [3.63, 3.8) is 0 Å². The summed E-state index contributed by atoms with van der Waals surface area (Å²) in [5.41, 5.74) is 7.11. The first kappa shape index (κ1) is 14.5. The molecule has 0 saturated heterocycles. The van der Waals surface area contributed by atoms with Crippen LogP contribution in [0, 0.1) is 5.92 Å². The first-order valence-electron chi connectivity index (χ1n) is 6.89. The SMILES string of the molecule is CC(C)C(C)(CN)NC(=O)Cc1[nH]nc2ccccc12. The smallest absolute Gasteiger partial charge is 0.226 e. The van der Waals surface area contributed by atoms with Gasteiger partial charge in [0.15, 0.2) is 0 Å². The molecular formula is C15H22N4O. The molecule has 0 fully saturated rings. The second kappa shape index (κ2) is 5.63. The largest absolute Gasteiger partial charge is 0.349 e. The number of benzene rings is 1. The maximum absolute atomic E-state index is 12.2. The van der Waals surface area contributed by atoms with E-state index < -0.39 is 0 Å². The number of nitrogens with two attached hydrogens (primary N) is 1. The molecule has 0 spiro atoms. The molecule has 2 rings (SSSR count). The van der Waals surface area contributed by atoms with Gasteiger partial charge in [-0.3, -0.25) is 9.89 Å². The fourth-order valence-electron chi connectivity index (χ4n) is 2.10. The van der Waals surface area contributed by atoms with Crippen LogP contribution in [0.3, 0.4) is 0 Å². The Kier molecular flexibility index (Phi) is 4.09. The number of carbonyl (C=O) groups excluding carboxylic acids is 1. The molecule has 1 amide bonds. The summed E-state index contributed by atoms with van der Waals surface area (Å²) < 4.78 is 0. The second-order valence-electron chi connectivity index (χ2n) is 5.72. The summed E-state index contributed by atoms with van der Waals surface area (Å²) in [6.45, 7) is 6.50. The summed E-state index contributed by atoms with van der Waals surface area (Å²) in [4.78, 5) is 12.2. The van der Waals surface area contributed by atoms with Gasteiger partial charge >= 0.3 is 0 Å². The van der Waals surface area contributed by atoms with Crippen LogP contribution in [-0.2, 0) is 11.2 Å². The number of rotatable bonds is 5. The molecule has 4 N–H and O–H groups in total. The Morgan fingerprint density at radius 3 is 2.80 bits per heavy atom. The lowest BCUT2D eigenvalue weighted by atomic mass is 9.88. The third kappa shape index (κ3) is 2.82. The molecule has 1 atom stereocenters. The van der Waals surface area contributed by atoms with Crippen molar-refractivity contribution in [3.05, 3.63) is 30.0 Å². The molecule has 0 aliphatic carbocycles. The zero-order valence-corrected chi connectivity index (χ0v) is 12.2. The van der Waals surface area contributed by atoms with Crippen LogP contribution in [-0.4, -0.2) is 28.2 Å². The molecule has 5 heteroatoms. The molecule has 0 saturated carbocycles. The molecule has 0 aliphatic heterocycles. The van der Waals surface area contributed by atoms with Gasteiger partial charge in [0.05, 0.1) is 23.2 Å². The fourth-order valence-corrected chi connectivity index (χ4v) is 2.10. The Morgan fingerprint density at radius 1 is 1.45 bits per heavy atom. The Balaban J connectivity index is 2.12. The highest BCUT2D eigenvalue weighted by molar-refractivity contribution is 5.87. The summed E-state index contributed by atoms with van der Waals surface area (Å²) in [6.07, 6.45) is 0.281. The maximum atomic E-state index is 12.2. The Hall–Kier alpha value is -1.88. The third-order valence-corrected chi connectivity index (χ3v) is 4.00. The number of aromatic amines is 1. The van der Waals surface area contributed by atoms with Crippen LogP contribution in [0.2, 0.25) is 0 Å². The minimum atomic E-state index is -0.382. The third-order valence-electron chi connectivity index (χ3n) is 4.00. The van der Waals surface area contributed by atoms with Gasteiger partial charge in [-0.15, -0.1) is 0 Å². The predicted molar refractivity (Wildman–Crippen MR) is 80.2 cm³/mol. The molecule has 5 nitrogen and oxygen atoms in total. The molecule has 0 radical (unpaired) electrons. The number of carbonyl (C=O) groups is 1. The van der Waals surface area contributed by atoms with Gasteiger partial charge in [0.25, 0.3) is 0 Å². The summed E-state index contributed by atoms with van der Waals surface area (Å²) in [7, 11) is 0. The van der Waals surface area contributed by atoms with Crippen molar-refractivity contribution in [3.8, 4) is 0 Å². The number of amides is 1. The van der Waals surface area contributed by atoms with Crippen molar-refractivity contribution in [1.82, 2.24) is 15.5 Å². The summed E-state index contributed by atoms with van der Waals surface area (Å²) in [6, 6.07) is 7.76. The molecule has 2 aromatic rings. The van der Waals surface area contributed by atoms with E-state index >= 15 is 0 Å². The average Bonchev–Trinajstić information content (AvgIpc) is 2.82. The lowest BCUT2D eigenvalue weighted by molar-refractivity contribution is -0.122. The minimum Gasteiger partial charge on any atom is -0.349 e. The number of nitrogens with zero attached hydrogens (tertiary/aromatic N) is 1. The molecule has 108 valence electrons. The number of aromatic nitrogens is 2. The highest BCUT2D eigenvalue weighted by atomic mass is 16.1. The van der Waals surface area contributed by atoms with E-state index in [1.807, 2.05) is 31.2 Å². The molecular weight excluding hydrogens is 252 g/mol. The van der Waals surface area contributed by atoms with Gasteiger partial charge < -0.3 is 11.1 Å². The van der Waals surface area contributed by atoms with Crippen LogP contribution in [0.25, 0.3) is 10.9 Å². The number of hydrogen-bond donors (Lipinski definition) is 3. The van der Waals surface area contributed by atoms with E-state index in [1.54, 1.807) is 0 Å². The van der Waals surface area contributed by atoms with Crippen molar-refractivity contribution < 1.29 is 4.79 Å². The Morgan fingerprint density at radius 2 is 2.15 bits per heavy atom. The molecule has 20 heavy (non-hydrogen) atoms. The minimum absolute atomic E-state index is 0.0407. The zero-order valence-electron chi connectivity index (χ0n) is 12.2. The van der Waals surface area contributed by atoms with E-state index in [9.17, 15) is 4.79 Å². The average molecular weight is 274 g/mol. The molecule has 1 heterocycles. The first-order valence-corrected chi connectivity index (χ1v) is 6.89. The number of fused-ring (bicyclic) bond motifs is 1. The lowest BCUT2D eigenvalue weighted by Gasteiger charge is -2.33. The Bertz CT molecular complexity index is 605. The lowest BCUT2D eigenvalue weighted by Crippen LogP contribution is -2.55. The van der Waals surface area contributed by atoms with Crippen LogP contribution in [0.15, 0.2) is 24.3 Å². The van der Waals surface area contributed by atoms with Crippen LogP contribution in [0.5, 0.6) is 0 Å². The van der Waals surface area contributed by atoms with Gasteiger partial charge in [-0.1, -0.05) is 32.0 Å². The second-order valence-corrected chi connectivity index (χ2v) is 5.72. The molecule has 1 aromatic carbocycles. The van der Waals surface area contributed by atoms with Crippen LogP contribution >= 0.6 is 0 Å². The van der Waals surface area contributed by atoms with E-state index in [0.29, 0.717) is 6.54 Å². The van der Waals surface area contributed by atoms with E-state index in [-0.39, 0.29) is 23.8 Å². The van der Waals surface area contributed by atoms with E-state index in [1.165, 1.54) is 0 Å². The maximum Gasteiger partial charge on any atom is 0.226 e. The van der Waals surface area contributed by atoms with Crippen LogP contribution in [0.1, 0.15) is 26.5 Å². The molecule has 0 aliphatic rings. The van der Waals surface area contributed by atoms with Gasteiger partial charge in [0, 0.05) is 11.9 Å². The number of H-pyrrole nitrogens is 1. The van der Waals surface area contributed by atoms with Crippen molar-refractivity contribution in [2.45, 2.75) is 32.7 Å². The molecule has 1 unspecified atom stereocenters. The fraction of sp³-hybridized carbons (Fsp3) is 0.467. The number of hydrogen-bond acceptors (Lipinski definition) is 3. The summed E-state index contributed by atoms with van der Waals surface area (Å²) in [5, 5.41) is 11.2. The van der Waals surface area contributed by atoms with Gasteiger partial charge in [0.2, 0.25) is 5.91 Å². The van der Waals surface area contributed by atoms with Crippen LogP contribution < -0.4 is 11.1 Å². The van der Waals surface area contributed by atoms with Gasteiger partial charge in [-0.2, -0.15) is 5.10 Å². The van der Waals surface area contributed by atoms with Crippen LogP contribution in [0.4, 0.5) is 0 Å². The highest BCUT2D eigenvalue weighted by Crippen LogP contribution is 2.17. The first-order chi connectivity index (χ1) is 9.46. The normalized spacial score (nSPS) is 14.4. The van der Waals surface area contributed by atoms with E-state index in [0.717, 1.165) is 16.6 Å².